The Morgan fingerprint density at radius 3 is 2.81 bits per heavy atom. The van der Waals surface area contributed by atoms with Crippen molar-refractivity contribution in [2.45, 2.75) is 32.2 Å². The summed E-state index contributed by atoms with van der Waals surface area (Å²) in [6.45, 7) is 4.17. The number of aryl methyl sites for hydroxylation is 1. The lowest BCUT2D eigenvalue weighted by Crippen LogP contribution is -2.45. The monoisotopic (exact) mass is 290 g/mol. The van der Waals surface area contributed by atoms with E-state index in [1.54, 1.807) is 7.11 Å². The van der Waals surface area contributed by atoms with Crippen molar-refractivity contribution in [2.75, 3.05) is 26.8 Å². The number of carbonyl (C=O) groups excluding carboxylic acids is 1. The Bertz CT molecular complexity index is 463. The van der Waals surface area contributed by atoms with Crippen LogP contribution in [0.15, 0.2) is 30.3 Å². The molecule has 1 fully saturated rings. The van der Waals surface area contributed by atoms with Gasteiger partial charge in [-0.2, -0.15) is 0 Å². The Balaban J connectivity index is 1.86. The number of hydrogen-bond acceptors (Lipinski definition) is 3. The molecule has 0 aromatic heterocycles. The minimum Gasteiger partial charge on any atom is -0.383 e. The molecule has 116 valence electrons. The highest BCUT2D eigenvalue weighted by Crippen LogP contribution is 2.34. The summed E-state index contributed by atoms with van der Waals surface area (Å²) in [6.07, 6.45) is 3.20. The van der Waals surface area contributed by atoms with E-state index in [0.29, 0.717) is 0 Å². The number of methoxy groups -OCH3 is 1. The van der Waals surface area contributed by atoms with Crippen molar-refractivity contribution in [3.05, 3.63) is 35.9 Å². The van der Waals surface area contributed by atoms with Gasteiger partial charge in [-0.05, 0) is 30.2 Å². The maximum absolute atomic E-state index is 12.2. The predicted octanol–water partition coefficient (Wildman–Crippen LogP) is 1.83. The topological polar surface area (TPSA) is 55.6 Å². The van der Waals surface area contributed by atoms with Gasteiger partial charge in [0.25, 0.3) is 0 Å². The standard InChI is InChI=1S/C17H26N2O2/c1-17(9-8-14-6-4-3-5-7-14)10-11-19(13-17)16(20)15(18)12-21-2/h3-7,15H,8-13,18H2,1-2H3. The van der Waals surface area contributed by atoms with E-state index < -0.39 is 6.04 Å². The summed E-state index contributed by atoms with van der Waals surface area (Å²) in [4.78, 5) is 14.1. The third-order valence-electron chi connectivity index (χ3n) is 4.39. The van der Waals surface area contributed by atoms with Crippen molar-refractivity contribution in [2.24, 2.45) is 11.1 Å². The first-order valence-electron chi connectivity index (χ1n) is 7.61. The van der Waals surface area contributed by atoms with Crippen LogP contribution in [0, 0.1) is 5.41 Å². The summed E-state index contributed by atoms with van der Waals surface area (Å²) in [5.41, 5.74) is 7.40. The number of likely N-dealkylation sites (tertiary alicyclic amines) is 1. The largest absolute Gasteiger partial charge is 0.383 e. The fourth-order valence-electron chi connectivity index (χ4n) is 2.99. The quantitative estimate of drug-likeness (QED) is 0.869. The van der Waals surface area contributed by atoms with Crippen LogP contribution in [0.25, 0.3) is 0 Å². The smallest absolute Gasteiger partial charge is 0.241 e. The summed E-state index contributed by atoms with van der Waals surface area (Å²) >= 11 is 0. The van der Waals surface area contributed by atoms with E-state index in [0.717, 1.165) is 32.4 Å². The summed E-state index contributed by atoms with van der Waals surface area (Å²) < 4.78 is 4.97. The van der Waals surface area contributed by atoms with Gasteiger partial charge >= 0.3 is 0 Å². The molecular formula is C17H26N2O2. The molecule has 0 spiro atoms. The number of amides is 1. The van der Waals surface area contributed by atoms with Crippen molar-refractivity contribution in [3.8, 4) is 0 Å². The van der Waals surface area contributed by atoms with Crippen LogP contribution in [-0.4, -0.2) is 43.7 Å². The zero-order valence-electron chi connectivity index (χ0n) is 13.0. The van der Waals surface area contributed by atoms with Crippen molar-refractivity contribution in [1.29, 1.82) is 0 Å². The van der Waals surface area contributed by atoms with E-state index in [2.05, 4.69) is 31.2 Å². The number of rotatable bonds is 6. The minimum absolute atomic E-state index is 0.0142. The Morgan fingerprint density at radius 1 is 1.43 bits per heavy atom. The molecule has 0 bridgehead atoms. The number of hydrogen-bond donors (Lipinski definition) is 1. The molecule has 1 aromatic rings. The normalized spacial score (nSPS) is 23.3. The van der Waals surface area contributed by atoms with Gasteiger partial charge in [0.2, 0.25) is 5.91 Å². The number of carbonyl (C=O) groups is 1. The van der Waals surface area contributed by atoms with Gasteiger partial charge in [0.1, 0.15) is 6.04 Å². The van der Waals surface area contributed by atoms with Crippen LogP contribution in [0.4, 0.5) is 0 Å². The van der Waals surface area contributed by atoms with Crippen LogP contribution < -0.4 is 5.73 Å². The second kappa shape index (κ2) is 7.05. The van der Waals surface area contributed by atoms with Crippen LogP contribution in [0.2, 0.25) is 0 Å². The molecule has 1 heterocycles. The van der Waals surface area contributed by atoms with E-state index in [9.17, 15) is 4.79 Å². The molecule has 2 rings (SSSR count). The molecule has 2 atom stereocenters. The van der Waals surface area contributed by atoms with Crippen LogP contribution in [0.3, 0.4) is 0 Å². The highest BCUT2D eigenvalue weighted by Gasteiger charge is 2.36. The molecule has 1 aliphatic rings. The highest BCUT2D eigenvalue weighted by molar-refractivity contribution is 5.82. The second-order valence-corrected chi connectivity index (χ2v) is 6.37. The number of benzene rings is 1. The summed E-state index contributed by atoms with van der Waals surface area (Å²) in [6, 6.07) is 9.98. The Morgan fingerprint density at radius 2 is 2.14 bits per heavy atom. The first-order valence-corrected chi connectivity index (χ1v) is 7.61. The lowest BCUT2D eigenvalue weighted by molar-refractivity contribution is -0.133. The number of nitrogens with two attached hydrogens (primary N) is 1. The zero-order chi connectivity index (χ0) is 15.3. The van der Waals surface area contributed by atoms with Gasteiger partial charge < -0.3 is 15.4 Å². The maximum atomic E-state index is 12.2. The second-order valence-electron chi connectivity index (χ2n) is 6.37. The van der Waals surface area contributed by atoms with Crippen LogP contribution >= 0.6 is 0 Å². The first-order chi connectivity index (χ1) is 10.0. The minimum atomic E-state index is -0.536. The molecule has 1 aliphatic heterocycles. The van der Waals surface area contributed by atoms with E-state index >= 15 is 0 Å². The molecule has 1 aromatic carbocycles. The fourth-order valence-corrected chi connectivity index (χ4v) is 2.99. The molecule has 0 saturated carbocycles. The first kappa shape index (κ1) is 16.0. The number of nitrogens with zero attached hydrogens (tertiary/aromatic N) is 1. The lowest BCUT2D eigenvalue weighted by Gasteiger charge is -2.26. The zero-order valence-corrected chi connectivity index (χ0v) is 13.0. The average molecular weight is 290 g/mol. The van der Waals surface area contributed by atoms with Crippen LogP contribution in [-0.2, 0) is 16.0 Å². The van der Waals surface area contributed by atoms with Crippen molar-refractivity contribution >= 4 is 5.91 Å². The van der Waals surface area contributed by atoms with E-state index in [1.165, 1.54) is 5.56 Å². The van der Waals surface area contributed by atoms with Gasteiger partial charge in [0.05, 0.1) is 6.61 Å². The van der Waals surface area contributed by atoms with Gasteiger partial charge in [0.15, 0.2) is 0 Å². The van der Waals surface area contributed by atoms with Gasteiger partial charge in [-0.1, -0.05) is 37.3 Å². The molecule has 4 nitrogen and oxygen atoms in total. The van der Waals surface area contributed by atoms with Crippen molar-refractivity contribution in [3.63, 3.8) is 0 Å². The summed E-state index contributed by atoms with van der Waals surface area (Å²) in [5.74, 6) is 0.0142. The summed E-state index contributed by atoms with van der Waals surface area (Å²) in [7, 11) is 1.57. The van der Waals surface area contributed by atoms with E-state index in [1.807, 2.05) is 11.0 Å². The molecule has 2 unspecified atom stereocenters. The molecule has 4 heteroatoms. The SMILES string of the molecule is COCC(N)C(=O)N1CCC(C)(CCc2ccccc2)C1. The molecular weight excluding hydrogens is 264 g/mol. The van der Waals surface area contributed by atoms with Crippen LogP contribution in [0.5, 0.6) is 0 Å². The Kier molecular flexibility index (Phi) is 5.37. The third kappa shape index (κ3) is 4.29. The van der Waals surface area contributed by atoms with Gasteiger partial charge in [-0.25, -0.2) is 0 Å². The van der Waals surface area contributed by atoms with Crippen molar-refractivity contribution < 1.29 is 9.53 Å². The average Bonchev–Trinajstić information content (AvgIpc) is 2.89. The Hall–Kier alpha value is -1.39. The van der Waals surface area contributed by atoms with Gasteiger partial charge in [-0.3, -0.25) is 4.79 Å². The third-order valence-corrected chi connectivity index (χ3v) is 4.39. The molecule has 0 radical (unpaired) electrons. The van der Waals surface area contributed by atoms with Gasteiger partial charge in [-0.15, -0.1) is 0 Å². The summed E-state index contributed by atoms with van der Waals surface area (Å²) in [5, 5.41) is 0. The molecule has 1 saturated heterocycles. The molecule has 2 N–H and O–H groups in total. The van der Waals surface area contributed by atoms with Crippen LogP contribution in [0.1, 0.15) is 25.3 Å². The number of ether oxygens (including phenoxy) is 1. The fraction of sp³-hybridized carbons (Fsp3) is 0.588. The van der Waals surface area contributed by atoms with E-state index in [-0.39, 0.29) is 17.9 Å². The maximum Gasteiger partial charge on any atom is 0.241 e. The molecule has 21 heavy (non-hydrogen) atoms. The van der Waals surface area contributed by atoms with Gasteiger partial charge in [0, 0.05) is 20.2 Å². The Labute approximate surface area is 127 Å². The highest BCUT2D eigenvalue weighted by atomic mass is 16.5. The lowest BCUT2D eigenvalue weighted by atomic mass is 9.83. The predicted molar refractivity (Wildman–Crippen MR) is 83.9 cm³/mol. The molecule has 0 aliphatic carbocycles. The molecule has 1 amide bonds. The van der Waals surface area contributed by atoms with E-state index in [4.69, 9.17) is 10.5 Å². The van der Waals surface area contributed by atoms with Crippen molar-refractivity contribution in [1.82, 2.24) is 4.90 Å².